The highest BCUT2D eigenvalue weighted by molar-refractivity contribution is 5.63. The van der Waals surface area contributed by atoms with Gasteiger partial charge in [0.25, 0.3) is 0 Å². The van der Waals surface area contributed by atoms with Gasteiger partial charge >= 0.3 is 0 Å². The monoisotopic (exact) mass is 189 g/mol. The molecule has 2 N–H and O–H groups in total. The van der Waals surface area contributed by atoms with Gasteiger partial charge in [-0.2, -0.15) is 0 Å². The summed E-state index contributed by atoms with van der Waals surface area (Å²) in [7, 11) is 0. The van der Waals surface area contributed by atoms with E-state index in [2.05, 4.69) is 10.9 Å². The zero-order valence-electron chi connectivity index (χ0n) is 8.62. The topological polar surface area (TPSA) is 42.2 Å². The van der Waals surface area contributed by atoms with Crippen LogP contribution in [0.25, 0.3) is 0 Å². The second-order valence-electron chi connectivity index (χ2n) is 3.14. The van der Waals surface area contributed by atoms with Gasteiger partial charge in [-0.05, 0) is 25.5 Å². The molecule has 3 heteroatoms. The molecule has 0 aliphatic rings. The molecule has 0 aliphatic heterocycles. The number of nitrogens with zero attached hydrogens (tertiary/aromatic N) is 2. The van der Waals surface area contributed by atoms with E-state index in [4.69, 9.17) is 12.2 Å². The summed E-state index contributed by atoms with van der Waals surface area (Å²) >= 11 is 0. The lowest BCUT2D eigenvalue weighted by Gasteiger charge is -2.20. The summed E-state index contributed by atoms with van der Waals surface area (Å²) in [5, 5.41) is 0. The molecule has 0 fully saturated rings. The summed E-state index contributed by atoms with van der Waals surface area (Å²) in [6.45, 7) is 5.34. The van der Waals surface area contributed by atoms with Crippen molar-refractivity contribution in [3.63, 3.8) is 0 Å². The van der Waals surface area contributed by atoms with Crippen LogP contribution in [0.1, 0.15) is 12.5 Å². The maximum Gasteiger partial charge on any atom is 0.152 e. The number of hydrogen-bond acceptors (Lipinski definition) is 3. The van der Waals surface area contributed by atoms with Crippen LogP contribution in [0.15, 0.2) is 12.3 Å². The van der Waals surface area contributed by atoms with Gasteiger partial charge in [0.15, 0.2) is 5.82 Å². The standard InChI is InChI=1S/C11H15N3/c1-4-6-14(5-2)11-10(12)7-9(3)8-13-11/h1,7-8H,5-6,12H2,2-3H3. The fourth-order valence-electron chi connectivity index (χ4n) is 1.30. The Morgan fingerprint density at radius 3 is 2.86 bits per heavy atom. The van der Waals surface area contributed by atoms with Crippen molar-refractivity contribution >= 4 is 11.5 Å². The number of anilines is 2. The smallest absolute Gasteiger partial charge is 0.152 e. The van der Waals surface area contributed by atoms with E-state index in [1.165, 1.54) is 0 Å². The van der Waals surface area contributed by atoms with Crippen LogP contribution in [0.3, 0.4) is 0 Å². The SMILES string of the molecule is C#CCN(CC)c1ncc(C)cc1N. The molecule has 0 unspecified atom stereocenters. The molecule has 0 radical (unpaired) electrons. The number of nitrogens with two attached hydrogens (primary N) is 1. The molecule has 0 bridgehead atoms. The zero-order valence-corrected chi connectivity index (χ0v) is 8.62. The number of rotatable bonds is 3. The molecule has 0 amide bonds. The van der Waals surface area contributed by atoms with Crippen molar-refractivity contribution in [1.82, 2.24) is 4.98 Å². The van der Waals surface area contributed by atoms with Crippen molar-refractivity contribution in [3.05, 3.63) is 17.8 Å². The maximum absolute atomic E-state index is 5.86. The van der Waals surface area contributed by atoms with Crippen LogP contribution in [0, 0.1) is 19.3 Å². The molecular weight excluding hydrogens is 174 g/mol. The van der Waals surface area contributed by atoms with Gasteiger partial charge in [0.05, 0.1) is 12.2 Å². The Hall–Kier alpha value is -1.69. The molecule has 14 heavy (non-hydrogen) atoms. The first-order chi connectivity index (χ1) is 6.69. The number of nitrogen functional groups attached to an aromatic ring is 1. The molecule has 1 heterocycles. The quantitative estimate of drug-likeness (QED) is 0.731. The summed E-state index contributed by atoms with van der Waals surface area (Å²) in [4.78, 5) is 6.24. The predicted octanol–water partition coefficient (Wildman–Crippen LogP) is 1.43. The Balaban J connectivity index is 2.99. The molecule has 0 saturated carbocycles. The molecule has 1 aromatic rings. The lowest BCUT2D eigenvalue weighted by atomic mass is 10.2. The molecular formula is C11H15N3. The van der Waals surface area contributed by atoms with Crippen LogP contribution >= 0.6 is 0 Å². The number of aryl methyl sites for hydroxylation is 1. The van der Waals surface area contributed by atoms with Gasteiger partial charge in [0.2, 0.25) is 0 Å². The first kappa shape index (κ1) is 10.4. The first-order valence-electron chi connectivity index (χ1n) is 4.59. The van der Waals surface area contributed by atoms with Gasteiger partial charge in [-0.25, -0.2) is 4.98 Å². The highest BCUT2D eigenvalue weighted by Crippen LogP contribution is 2.20. The third-order valence-corrected chi connectivity index (χ3v) is 2.00. The van der Waals surface area contributed by atoms with E-state index < -0.39 is 0 Å². The molecule has 1 aromatic heterocycles. The number of pyridine rings is 1. The van der Waals surface area contributed by atoms with Crippen LogP contribution in [-0.4, -0.2) is 18.1 Å². The number of aromatic nitrogens is 1. The minimum atomic E-state index is 0.538. The largest absolute Gasteiger partial charge is 0.396 e. The molecule has 0 aliphatic carbocycles. The Morgan fingerprint density at radius 1 is 1.64 bits per heavy atom. The average Bonchev–Trinajstić information content (AvgIpc) is 2.15. The molecule has 0 spiro atoms. The maximum atomic E-state index is 5.86. The third kappa shape index (κ3) is 2.17. The minimum Gasteiger partial charge on any atom is -0.396 e. The van der Waals surface area contributed by atoms with E-state index in [-0.39, 0.29) is 0 Å². The normalized spacial score (nSPS) is 9.50. The van der Waals surface area contributed by atoms with Crippen molar-refractivity contribution in [2.24, 2.45) is 0 Å². The van der Waals surface area contributed by atoms with Crippen molar-refractivity contribution < 1.29 is 0 Å². The molecule has 0 saturated heterocycles. The summed E-state index contributed by atoms with van der Waals surface area (Å²) in [5.74, 6) is 3.36. The molecule has 0 atom stereocenters. The van der Waals surface area contributed by atoms with Crippen LogP contribution in [0.2, 0.25) is 0 Å². The Bertz CT molecular complexity index is 352. The fourth-order valence-corrected chi connectivity index (χ4v) is 1.30. The van der Waals surface area contributed by atoms with Crippen LogP contribution in [-0.2, 0) is 0 Å². The molecule has 3 nitrogen and oxygen atoms in total. The van der Waals surface area contributed by atoms with Gasteiger partial charge < -0.3 is 10.6 Å². The Morgan fingerprint density at radius 2 is 2.36 bits per heavy atom. The predicted molar refractivity (Wildman–Crippen MR) is 60.1 cm³/mol. The summed E-state index contributed by atoms with van der Waals surface area (Å²) < 4.78 is 0. The highest BCUT2D eigenvalue weighted by atomic mass is 15.2. The second kappa shape index (κ2) is 4.52. The number of terminal acetylenes is 1. The lowest BCUT2D eigenvalue weighted by Crippen LogP contribution is -2.25. The average molecular weight is 189 g/mol. The summed E-state index contributed by atoms with van der Waals surface area (Å²) in [6, 6.07) is 1.90. The summed E-state index contributed by atoms with van der Waals surface area (Å²) in [5.41, 5.74) is 7.60. The van der Waals surface area contributed by atoms with Crippen molar-refractivity contribution in [3.8, 4) is 12.3 Å². The van der Waals surface area contributed by atoms with Gasteiger partial charge in [-0.15, -0.1) is 6.42 Å². The fraction of sp³-hybridized carbons (Fsp3) is 0.364. The van der Waals surface area contributed by atoms with E-state index in [1.807, 2.05) is 24.8 Å². The van der Waals surface area contributed by atoms with E-state index in [0.29, 0.717) is 12.2 Å². The van der Waals surface area contributed by atoms with Gasteiger partial charge in [0.1, 0.15) is 0 Å². The number of hydrogen-bond donors (Lipinski definition) is 1. The van der Waals surface area contributed by atoms with E-state index in [0.717, 1.165) is 17.9 Å². The van der Waals surface area contributed by atoms with E-state index in [1.54, 1.807) is 6.20 Å². The first-order valence-corrected chi connectivity index (χ1v) is 4.59. The third-order valence-electron chi connectivity index (χ3n) is 2.00. The molecule has 1 rings (SSSR count). The van der Waals surface area contributed by atoms with Gasteiger partial charge in [0, 0.05) is 12.7 Å². The van der Waals surface area contributed by atoms with Crippen LogP contribution in [0.4, 0.5) is 11.5 Å². The van der Waals surface area contributed by atoms with Gasteiger partial charge in [-0.3, -0.25) is 0 Å². The Kier molecular flexibility index (Phi) is 3.35. The zero-order chi connectivity index (χ0) is 10.6. The van der Waals surface area contributed by atoms with Crippen LogP contribution < -0.4 is 10.6 Å². The van der Waals surface area contributed by atoms with Crippen LogP contribution in [0.5, 0.6) is 0 Å². The second-order valence-corrected chi connectivity index (χ2v) is 3.14. The Labute approximate surface area is 84.9 Å². The van der Waals surface area contributed by atoms with Gasteiger partial charge in [-0.1, -0.05) is 5.92 Å². The minimum absolute atomic E-state index is 0.538. The van der Waals surface area contributed by atoms with E-state index >= 15 is 0 Å². The highest BCUT2D eigenvalue weighted by Gasteiger charge is 2.07. The van der Waals surface area contributed by atoms with Crippen molar-refractivity contribution in [1.29, 1.82) is 0 Å². The summed E-state index contributed by atoms with van der Waals surface area (Å²) in [6.07, 6.45) is 7.06. The lowest BCUT2D eigenvalue weighted by molar-refractivity contribution is 0.894. The van der Waals surface area contributed by atoms with Crippen molar-refractivity contribution in [2.75, 3.05) is 23.7 Å². The molecule has 0 aromatic carbocycles. The van der Waals surface area contributed by atoms with E-state index in [9.17, 15) is 0 Å². The molecule has 74 valence electrons. The van der Waals surface area contributed by atoms with Crippen molar-refractivity contribution in [2.45, 2.75) is 13.8 Å².